The van der Waals surface area contributed by atoms with E-state index in [4.69, 9.17) is 16.0 Å². The van der Waals surface area contributed by atoms with Crippen molar-refractivity contribution >= 4 is 34.5 Å². The number of hydrogen-bond donors (Lipinski definition) is 0. The van der Waals surface area contributed by atoms with Crippen LogP contribution in [-0.4, -0.2) is 7.05 Å². The minimum atomic E-state index is 0. The molecule has 0 unspecified atom stereocenters. The van der Waals surface area contributed by atoms with Crippen molar-refractivity contribution in [3.05, 3.63) is 65.6 Å². The molecule has 0 atom stereocenters. The Hall–Kier alpha value is -1.53. The molecule has 0 bridgehead atoms. The molecule has 0 saturated heterocycles. The van der Waals surface area contributed by atoms with Gasteiger partial charge in [0.25, 0.3) is 5.52 Å². The van der Waals surface area contributed by atoms with E-state index in [1.165, 1.54) is 0 Å². The molecule has 0 aliphatic rings. The van der Waals surface area contributed by atoms with Gasteiger partial charge in [0, 0.05) is 30.0 Å². The lowest BCUT2D eigenvalue weighted by atomic mass is 10.3. The van der Waals surface area contributed by atoms with Crippen molar-refractivity contribution in [1.82, 2.24) is 0 Å². The number of nitrogens with zero attached hydrogens (tertiary/aromatic N) is 2. The Kier molecular flexibility index (Phi) is 6.07. The maximum absolute atomic E-state index is 6.08. The van der Waals surface area contributed by atoms with Crippen molar-refractivity contribution in [2.75, 3.05) is 11.9 Å². The number of halogens is 2. The number of oxazole rings is 1. The predicted octanol–water partition coefficient (Wildman–Crippen LogP) is 1.50. The van der Waals surface area contributed by atoms with Gasteiger partial charge in [0.15, 0.2) is 0 Å². The lowest BCUT2D eigenvalue weighted by Crippen LogP contribution is -3.00. The van der Waals surface area contributed by atoms with Crippen LogP contribution in [-0.2, 0) is 6.54 Å². The SMILES string of the molecule is CC[n+]1c(/C=C/N(C)c2ccccc2)oc2ccc(Cl)cc21.[I-]. The van der Waals surface area contributed by atoms with Crippen molar-refractivity contribution in [3.8, 4) is 0 Å². The summed E-state index contributed by atoms with van der Waals surface area (Å²) in [6, 6.07) is 15.9. The Morgan fingerprint density at radius 1 is 1.17 bits per heavy atom. The fraction of sp³-hybridized carbons (Fsp3) is 0.167. The Morgan fingerprint density at radius 3 is 2.61 bits per heavy atom. The summed E-state index contributed by atoms with van der Waals surface area (Å²) in [6.45, 7) is 2.91. The number of benzene rings is 2. The Labute approximate surface area is 158 Å². The second-order valence-corrected chi connectivity index (χ2v) is 5.50. The average molecular weight is 441 g/mol. The number of aryl methyl sites for hydroxylation is 1. The van der Waals surface area contributed by atoms with Gasteiger partial charge in [-0.25, -0.2) is 0 Å². The molecule has 3 aromatic rings. The molecule has 0 radical (unpaired) electrons. The van der Waals surface area contributed by atoms with E-state index in [1.807, 2.05) is 55.7 Å². The molecule has 1 heterocycles. The number of para-hydroxylation sites is 1. The van der Waals surface area contributed by atoms with E-state index in [0.29, 0.717) is 5.02 Å². The third-order valence-corrected chi connectivity index (χ3v) is 3.85. The molecule has 1 aromatic heterocycles. The molecule has 0 aliphatic heterocycles. The van der Waals surface area contributed by atoms with E-state index in [0.717, 1.165) is 29.2 Å². The smallest absolute Gasteiger partial charge is 0.375 e. The lowest BCUT2D eigenvalue weighted by molar-refractivity contribution is -0.674. The zero-order valence-electron chi connectivity index (χ0n) is 13.0. The van der Waals surface area contributed by atoms with Crippen LogP contribution in [0.4, 0.5) is 5.69 Å². The molecule has 0 N–H and O–H groups in total. The summed E-state index contributed by atoms with van der Waals surface area (Å²) >= 11 is 6.08. The molecule has 0 fully saturated rings. The molecular formula is C18H18ClIN2O. The van der Waals surface area contributed by atoms with Crippen molar-refractivity contribution < 1.29 is 33.0 Å². The highest BCUT2D eigenvalue weighted by molar-refractivity contribution is 6.31. The second kappa shape index (κ2) is 7.84. The zero-order chi connectivity index (χ0) is 15.5. The van der Waals surface area contributed by atoms with E-state index in [1.54, 1.807) is 0 Å². The summed E-state index contributed by atoms with van der Waals surface area (Å²) in [5.74, 6) is 0.808. The van der Waals surface area contributed by atoms with Crippen molar-refractivity contribution in [2.45, 2.75) is 13.5 Å². The van der Waals surface area contributed by atoms with Gasteiger partial charge in [0.05, 0.1) is 6.08 Å². The molecule has 5 heteroatoms. The van der Waals surface area contributed by atoms with Gasteiger partial charge in [-0.15, -0.1) is 0 Å². The molecule has 3 rings (SSSR count). The number of rotatable bonds is 4. The van der Waals surface area contributed by atoms with Gasteiger partial charge in [-0.2, -0.15) is 4.57 Å². The lowest BCUT2D eigenvalue weighted by Gasteiger charge is -2.12. The summed E-state index contributed by atoms with van der Waals surface area (Å²) < 4.78 is 8.03. The minimum Gasteiger partial charge on any atom is -1.00 e. The maximum Gasteiger partial charge on any atom is 0.375 e. The fourth-order valence-corrected chi connectivity index (χ4v) is 2.62. The molecule has 0 aliphatic carbocycles. The molecule has 0 amide bonds. The van der Waals surface area contributed by atoms with E-state index >= 15 is 0 Å². The number of fused-ring (bicyclic) bond motifs is 1. The molecule has 0 spiro atoms. The molecule has 23 heavy (non-hydrogen) atoms. The average Bonchev–Trinajstić information content (AvgIpc) is 2.90. The largest absolute Gasteiger partial charge is 1.00 e. The topological polar surface area (TPSA) is 20.3 Å². The van der Waals surface area contributed by atoms with Crippen molar-refractivity contribution in [3.63, 3.8) is 0 Å². The maximum atomic E-state index is 6.08. The molecule has 0 saturated carbocycles. The molecule has 3 nitrogen and oxygen atoms in total. The minimum absolute atomic E-state index is 0. The predicted molar refractivity (Wildman–Crippen MR) is 91.0 cm³/mol. The van der Waals surface area contributed by atoms with Crippen LogP contribution < -0.4 is 33.4 Å². The van der Waals surface area contributed by atoms with E-state index in [9.17, 15) is 0 Å². The summed E-state index contributed by atoms with van der Waals surface area (Å²) in [5, 5.41) is 0.715. The van der Waals surface area contributed by atoms with Gasteiger partial charge in [0.2, 0.25) is 5.58 Å². The standard InChI is InChI=1S/C18H18ClN2O.HI/c1-3-21-16-13-14(19)9-10-17(16)22-18(21)11-12-20(2)15-7-5-4-6-8-15;/h4-13H,3H2,1-2H3;1H/q+1;/p-1. The van der Waals surface area contributed by atoms with Gasteiger partial charge in [-0.3, -0.25) is 0 Å². The molecule has 2 aromatic carbocycles. The van der Waals surface area contributed by atoms with Crippen LogP contribution in [0.15, 0.2) is 59.1 Å². The first-order chi connectivity index (χ1) is 10.7. The normalized spacial score (nSPS) is 10.9. The Balaban J connectivity index is 0.00000192. The monoisotopic (exact) mass is 440 g/mol. The van der Waals surface area contributed by atoms with Gasteiger partial charge in [-0.1, -0.05) is 29.8 Å². The van der Waals surface area contributed by atoms with E-state index in [2.05, 4.69) is 28.5 Å². The fourth-order valence-electron chi connectivity index (χ4n) is 2.45. The Morgan fingerprint density at radius 2 is 1.91 bits per heavy atom. The van der Waals surface area contributed by atoms with E-state index < -0.39 is 0 Å². The van der Waals surface area contributed by atoms with Crippen LogP contribution in [0.1, 0.15) is 12.8 Å². The summed E-state index contributed by atoms with van der Waals surface area (Å²) in [7, 11) is 2.02. The first-order valence-electron chi connectivity index (χ1n) is 7.27. The summed E-state index contributed by atoms with van der Waals surface area (Å²) in [4.78, 5) is 2.06. The van der Waals surface area contributed by atoms with Crippen LogP contribution in [0.3, 0.4) is 0 Å². The van der Waals surface area contributed by atoms with Gasteiger partial charge in [-0.05, 0) is 31.2 Å². The highest BCUT2D eigenvalue weighted by atomic mass is 127. The third-order valence-electron chi connectivity index (χ3n) is 3.61. The van der Waals surface area contributed by atoms with E-state index in [-0.39, 0.29) is 24.0 Å². The zero-order valence-corrected chi connectivity index (χ0v) is 16.0. The third kappa shape index (κ3) is 3.87. The Bertz CT molecular complexity index is 815. The number of anilines is 1. The molecule has 120 valence electrons. The first kappa shape index (κ1) is 17.8. The summed E-state index contributed by atoms with van der Waals surface area (Å²) in [6.07, 6.45) is 3.98. The van der Waals surface area contributed by atoms with Crippen LogP contribution >= 0.6 is 11.6 Å². The van der Waals surface area contributed by atoms with Crippen LogP contribution in [0.5, 0.6) is 0 Å². The van der Waals surface area contributed by atoms with Gasteiger partial charge < -0.3 is 33.3 Å². The van der Waals surface area contributed by atoms with Gasteiger partial charge in [0.1, 0.15) is 6.54 Å². The number of aromatic nitrogens is 1. The van der Waals surface area contributed by atoms with Crippen molar-refractivity contribution in [2.24, 2.45) is 0 Å². The quantitative estimate of drug-likeness (QED) is 0.453. The highest BCUT2D eigenvalue weighted by Gasteiger charge is 2.19. The summed E-state index contributed by atoms with van der Waals surface area (Å²) in [5.41, 5.74) is 2.98. The van der Waals surface area contributed by atoms with Crippen LogP contribution in [0.25, 0.3) is 17.2 Å². The van der Waals surface area contributed by atoms with Gasteiger partial charge >= 0.3 is 5.89 Å². The first-order valence-corrected chi connectivity index (χ1v) is 7.65. The van der Waals surface area contributed by atoms with Crippen LogP contribution in [0, 0.1) is 0 Å². The number of hydrogen-bond acceptors (Lipinski definition) is 2. The van der Waals surface area contributed by atoms with Crippen molar-refractivity contribution in [1.29, 1.82) is 0 Å². The van der Waals surface area contributed by atoms with Crippen LogP contribution in [0.2, 0.25) is 5.02 Å². The second-order valence-electron chi connectivity index (χ2n) is 5.06. The highest BCUT2D eigenvalue weighted by Crippen LogP contribution is 2.20. The molecular weight excluding hydrogens is 423 g/mol.